The maximum Gasteiger partial charge on any atom is 0.194 e. The summed E-state index contributed by atoms with van der Waals surface area (Å²) < 4.78 is 37.4. The summed E-state index contributed by atoms with van der Waals surface area (Å²) in [4.78, 5) is 0. The normalized spacial score (nSPS) is 10.0. The second-order valence-electron chi connectivity index (χ2n) is 2.28. The zero-order chi connectivity index (χ0) is 9.14. The van der Waals surface area contributed by atoms with Crippen LogP contribution in [0, 0.1) is 17.5 Å². The van der Waals surface area contributed by atoms with Crippen molar-refractivity contribution in [2.24, 2.45) is 0 Å². The highest BCUT2D eigenvalue weighted by molar-refractivity contribution is 5.43. The highest BCUT2D eigenvalue weighted by Gasteiger charge is 2.09. The molecule has 0 saturated heterocycles. The van der Waals surface area contributed by atoms with E-state index in [0.717, 1.165) is 12.1 Å². The van der Waals surface area contributed by atoms with E-state index in [1.807, 2.05) is 0 Å². The first-order valence-electron chi connectivity index (χ1n) is 3.53. The average molecular weight is 175 g/mol. The molecule has 0 bridgehead atoms. The van der Waals surface area contributed by atoms with Crippen LogP contribution in [-0.4, -0.2) is 6.54 Å². The predicted molar refractivity (Wildman–Crippen MR) is 40.5 cm³/mol. The smallest absolute Gasteiger partial charge is 0.194 e. The van der Waals surface area contributed by atoms with Crippen molar-refractivity contribution in [3.05, 3.63) is 29.6 Å². The van der Waals surface area contributed by atoms with E-state index in [4.69, 9.17) is 0 Å². The fourth-order valence-electron chi connectivity index (χ4n) is 0.862. The van der Waals surface area contributed by atoms with Gasteiger partial charge in [-0.05, 0) is 6.92 Å². The molecule has 1 rings (SSSR count). The average Bonchev–Trinajstić information content (AvgIpc) is 2.01. The van der Waals surface area contributed by atoms with Gasteiger partial charge in [-0.3, -0.25) is 0 Å². The zero-order valence-corrected chi connectivity index (χ0v) is 6.50. The van der Waals surface area contributed by atoms with Crippen LogP contribution in [0.2, 0.25) is 0 Å². The van der Waals surface area contributed by atoms with Crippen molar-refractivity contribution < 1.29 is 13.2 Å². The van der Waals surface area contributed by atoms with Crippen LogP contribution in [-0.2, 0) is 0 Å². The molecule has 1 aromatic rings. The van der Waals surface area contributed by atoms with Gasteiger partial charge < -0.3 is 5.32 Å². The Morgan fingerprint density at radius 2 is 1.67 bits per heavy atom. The van der Waals surface area contributed by atoms with Crippen LogP contribution in [0.15, 0.2) is 12.1 Å². The van der Waals surface area contributed by atoms with Crippen molar-refractivity contribution in [2.45, 2.75) is 6.92 Å². The Morgan fingerprint density at radius 3 is 2.08 bits per heavy atom. The quantitative estimate of drug-likeness (QED) is 0.681. The number of halogens is 3. The standard InChI is InChI=1S/C8H8F3N/c1-2-12-5-3-6(9)8(11)7(10)4-5/h3-4,12H,2H2,1H3. The summed E-state index contributed by atoms with van der Waals surface area (Å²) in [7, 11) is 0. The van der Waals surface area contributed by atoms with Crippen LogP contribution in [0.4, 0.5) is 18.9 Å². The van der Waals surface area contributed by atoms with Crippen molar-refractivity contribution in [1.82, 2.24) is 0 Å². The van der Waals surface area contributed by atoms with Gasteiger partial charge in [0.1, 0.15) is 0 Å². The van der Waals surface area contributed by atoms with Gasteiger partial charge >= 0.3 is 0 Å². The SMILES string of the molecule is CCNc1cc(F)c(F)c(F)c1. The minimum atomic E-state index is -1.43. The molecule has 0 atom stereocenters. The molecule has 12 heavy (non-hydrogen) atoms. The van der Waals surface area contributed by atoms with Gasteiger partial charge in [0.2, 0.25) is 0 Å². The maximum atomic E-state index is 12.5. The molecule has 0 fully saturated rings. The summed E-state index contributed by atoms with van der Waals surface area (Å²) in [6.45, 7) is 2.31. The third-order valence-corrected chi connectivity index (χ3v) is 1.36. The molecule has 0 aliphatic heterocycles. The van der Waals surface area contributed by atoms with E-state index < -0.39 is 17.5 Å². The molecule has 0 aliphatic carbocycles. The van der Waals surface area contributed by atoms with E-state index in [-0.39, 0.29) is 5.69 Å². The first kappa shape index (κ1) is 8.90. The first-order chi connectivity index (χ1) is 5.65. The highest BCUT2D eigenvalue weighted by Crippen LogP contribution is 2.16. The molecular formula is C8H8F3N. The van der Waals surface area contributed by atoms with Gasteiger partial charge in [0.15, 0.2) is 17.5 Å². The molecule has 0 aliphatic rings. The van der Waals surface area contributed by atoms with Crippen molar-refractivity contribution in [3.63, 3.8) is 0 Å². The number of hydrogen-bond acceptors (Lipinski definition) is 1. The Labute approximate surface area is 68.2 Å². The van der Waals surface area contributed by atoms with E-state index in [1.54, 1.807) is 6.92 Å². The molecule has 1 N–H and O–H groups in total. The Kier molecular flexibility index (Phi) is 2.58. The van der Waals surface area contributed by atoms with E-state index in [9.17, 15) is 13.2 Å². The second-order valence-corrected chi connectivity index (χ2v) is 2.28. The van der Waals surface area contributed by atoms with E-state index in [0.29, 0.717) is 6.54 Å². The monoisotopic (exact) mass is 175 g/mol. The number of benzene rings is 1. The summed E-state index contributed by atoms with van der Waals surface area (Å²) in [5, 5.41) is 2.67. The van der Waals surface area contributed by atoms with Crippen LogP contribution in [0.5, 0.6) is 0 Å². The summed E-state index contributed by atoms with van der Waals surface area (Å²) >= 11 is 0. The van der Waals surface area contributed by atoms with Crippen molar-refractivity contribution in [3.8, 4) is 0 Å². The fourth-order valence-corrected chi connectivity index (χ4v) is 0.862. The van der Waals surface area contributed by atoms with Crippen LogP contribution < -0.4 is 5.32 Å². The zero-order valence-electron chi connectivity index (χ0n) is 6.50. The van der Waals surface area contributed by atoms with Gasteiger partial charge in [-0.1, -0.05) is 0 Å². The molecule has 0 amide bonds. The number of hydrogen-bond donors (Lipinski definition) is 1. The molecule has 1 aromatic carbocycles. The van der Waals surface area contributed by atoms with Gasteiger partial charge in [0.25, 0.3) is 0 Å². The lowest BCUT2D eigenvalue weighted by Crippen LogP contribution is -1.99. The van der Waals surface area contributed by atoms with Gasteiger partial charge in [-0.15, -0.1) is 0 Å². The van der Waals surface area contributed by atoms with Crippen LogP contribution >= 0.6 is 0 Å². The van der Waals surface area contributed by atoms with Crippen LogP contribution in [0.3, 0.4) is 0 Å². The molecule has 1 nitrogen and oxygen atoms in total. The maximum absolute atomic E-state index is 12.5. The third-order valence-electron chi connectivity index (χ3n) is 1.36. The van der Waals surface area contributed by atoms with E-state index in [2.05, 4.69) is 5.32 Å². The first-order valence-corrected chi connectivity index (χ1v) is 3.53. The van der Waals surface area contributed by atoms with E-state index >= 15 is 0 Å². The number of nitrogens with one attached hydrogen (secondary N) is 1. The lowest BCUT2D eigenvalue weighted by atomic mass is 10.3. The number of anilines is 1. The molecule has 4 heteroatoms. The molecule has 66 valence electrons. The summed E-state index contributed by atoms with van der Waals surface area (Å²) in [5.41, 5.74) is 0.244. The second kappa shape index (κ2) is 3.47. The van der Waals surface area contributed by atoms with Crippen molar-refractivity contribution >= 4 is 5.69 Å². The number of rotatable bonds is 2. The molecular weight excluding hydrogens is 167 g/mol. The van der Waals surface area contributed by atoms with E-state index in [1.165, 1.54) is 0 Å². The lowest BCUT2D eigenvalue weighted by molar-refractivity contribution is 0.448. The highest BCUT2D eigenvalue weighted by atomic mass is 19.2. The topological polar surface area (TPSA) is 12.0 Å². The predicted octanol–water partition coefficient (Wildman–Crippen LogP) is 2.54. The van der Waals surface area contributed by atoms with Crippen LogP contribution in [0.1, 0.15) is 6.92 Å². The Morgan fingerprint density at radius 1 is 1.17 bits per heavy atom. The molecule has 0 heterocycles. The van der Waals surface area contributed by atoms with Gasteiger partial charge in [-0.25, -0.2) is 13.2 Å². The van der Waals surface area contributed by atoms with Gasteiger partial charge in [-0.2, -0.15) is 0 Å². The Balaban J connectivity index is 3.04. The summed E-state index contributed by atoms with van der Waals surface area (Å²) in [5.74, 6) is -3.78. The fraction of sp³-hybridized carbons (Fsp3) is 0.250. The minimum absolute atomic E-state index is 0.244. The van der Waals surface area contributed by atoms with Crippen molar-refractivity contribution in [1.29, 1.82) is 0 Å². The van der Waals surface area contributed by atoms with Gasteiger partial charge in [0.05, 0.1) is 0 Å². The lowest BCUT2D eigenvalue weighted by Gasteiger charge is -2.03. The molecule has 0 radical (unpaired) electrons. The molecule has 0 spiro atoms. The summed E-state index contributed by atoms with van der Waals surface area (Å²) in [6.07, 6.45) is 0. The van der Waals surface area contributed by atoms with Gasteiger partial charge in [0, 0.05) is 24.4 Å². The third kappa shape index (κ3) is 1.69. The molecule has 0 unspecified atom stereocenters. The minimum Gasteiger partial charge on any atom is -0.385 e. The van der Waals surface area contributed by atoms with Crippen LogP contribution in [0.25, 0.3) is 0 Å². The molecule has 0 aromatic heterocycles. The van der Waals surface area contributed by atoms with Crippen molar-refractivity contribution in [2.75, 3.05) is 11.9 Å². The summed E-state index contributed by atoms with van der Waals surface area (Å²) in [6, 6.07) is 1.84. The molecule has 0 saturated carbocycles. The largest absolute Gasteiger partial charge is 0.385 e. The Hall–Kier alpha value is -1.19. The Bertz CT molecular complexity index is 263.